The van der Waals surface area contributed by atoms with Crippen LogP contribution in [0.1, 0.15) is 12.8 Å². The summed E-state index contributed by atoms with van der Waals surface area (Å²) in [6.45, 7) is 2.43. The summed E-state index contributed by atoms with van der Waals surface area (Å²) in [7, 11) is 2.20. The van der Waals surface area contributed by atoms with Gasteiger partial charge in [0, 0.05) is 10.6 Å². The third-order valence-corrected chi connectivity index (χ3v) is 4.80. The molecule has 0 N–H and O–H groups in total. The van der Waals surface area contributed by atoms with E-state index in [4.69, 9.17) is 4.98 Å². The molecule has 94 valence electrons. The van der Waals surface area contributed by atoms with Gasteiger partial charge in [-0.05, 0) is 45.1 Å². The topological polar surface area (TPSA) is 16.1 Å². The van der Waals surface area contributed by atoms with E-state index >= 15 is 0 Å². The predicted molar refractivity (Wildman–Crippen MR) is 78.1 cm³/mol. The largest absolute Gasteiger partial charge is 0.306 e. The first-order valence-electron chi connectivity index (χ1n) is 6.52. The Kier molecular flexibility index (Phi) is 3.52. The van der Waals surface area contributed by atoms with Gasteiger partial charge in [-0.2, -0.15) is 0 Å². The Balaban J connectivity index is 1.74. The van der Waals surface area contributed by atoms with E-state index in [9.17, 15) is 0 Å². The molecule has 0 radical (unpaired) electrons. The van der Waals surface area contributed by atoms with E-state index in [-0.39, 0.29) is 0 Å². The number of likely N-dealkylation sites (tertiary alicyclic amines) is 1. The third kappa shape index (κ3) is 2.68. The van der Waals surface area contributed by atoms with Crippen LogP contribution in [0.2, 0.25) is 0 Å². The van der Waals surface area contributed by atoms with Crippen molar-refractivity contribution in [3.63, 3.8) is 0 Å². The number of para-hydroxylation sites is 1. The molecule has 1 fully saturated rings. The van der Waals surface area contributed by atoms with E-state index in [1.165, 1.54) is 36.3 Å². The molecule has 1 aliphatic heterocycles. The van der Waals surface area contributed by atoms with E-state index in [0.29, 0.717) is 0 Å². The number of pyridine rings is 1. The number of hydrogen-bond donors (Lipinski definition) is 0. The Morgan fingerprint density at radius 3 is 2.72 bits per heavy atom. The molecule has 3 heteroatoms. The molecule has 18 heavy (non-hydrogen) atoms. The first-order chi connectivity index (χ1) is 8.81. The maximum Gasteiger partial charge on any atom is 0.0970 e. The second-order valence-corrected chi connectivity index (χ2v) is 6.28. The van der Waals surface area contributed by atoms with Crippen LogP contribution >= 0.6 is 11.8 Å². The molecule has 0 saturated carbocycles. The average Bonchev–Trinajstić information content (AvgIpc) is 2.41. The standard InChI is InChI=1S/C15H18N2S/c1-17-10-8-13(9-11-17)18-15-7-6-12-4-2-3-5-14(12)16-15/h2-7,13H,8-11H2,1H3. The minimum atomic E-state index is 0.731. The summed E-state index contributed by atoms with van der Waals surface area (Å²) >= 11 is 1.94. The van der Waals surface area contributed by atoms with Crippen molar-refractivity contribution in [3.05, 3.63) is 36.4 Å². The summed E-state index contributed by atoms with van der Waals surface area (Å²) in [5.41, 5.74) is 1.11. The maximum absolute atomic E-state index is 4.74. The normalized spacial score (nSPS) is 18.3. The van der Waals surface area contributed by atoms with Gasteiger partial charge >= 0.3 is 0 Å². The van der Waals surface area contributed by atoms with E-state index in [0.717, 1.165) is 10.8 Å². The lowest BCUT2D eigenvalue weighted by atomic mass is 10.1. The lowest BCUT2D eigenvalue weighted by molar-refractivity contribution is 0.282. The second kappa shape index (κ2) is 5.29. The number of benzene rings is 1. The van der Waals surface area contributed by atoms with Crippen molar-refractivity contribution in [2.75, 3.05) is 20.1 Å². The van der Waals surface area contributed by atoms with Gasteiger partial charge in [0.15, 0.2) is 0 Å². The summed E-state index contributed by atoms with van der Waals surface area (Å²) < 4.78 is 0. The molecule has 0 aliphatic carbocycles. The van der Waals surface area contributed by atoms with Gasteiger partial charge in [0.05, 0.1) is 10.5 Å². The molecule has 1 aliphatic rings. The molecule has 0 amide bonds. The summed E-state index contributed by atoms with van der Waals surface area (Å²) in [6.07, 6.45) is 2.55. The van der Waals surface area contributed by atoms with Crippen molar-refractivity contribution in [2.45, 2.75) is 23.1 Å². The molecule has 0 unspecified atom stereocenters. The number of nitrogens with zero attached hydrogens (tertiary/aromatic N) is 2. The highest BCUT2D eigenvalue weighted by molar-refractivity contribution is 7.99. The zero-order chi connectivity index (χ0) is 12.4. The molecule has 2 nitrogen and oxygen atoms in total. The molecule has 2 aromatic rings. The Morgan fingerprint density at radius 1 is 1.11 bits per heavy atom. The first kappa shape index (κ1) is 12.0. The number of aromatic nitrogens is 1. The van der Waals surface area contributed by atoms with Crippen molar-refractivity contribution in [1.82, 2.24) is 9.88 Å². The highest BCUT2D eigenvalue weighted by Crippen LogP contribution is 2.29. The smallest absolute Gasteiger partial charge is 0.0970 e. The van der Waals surface area contributed by atoms with E-state index in [2.05, 4.69) is 48.3 Å². The van der Waals surface area contributed by atoms with Crippen molar-refractivity contribution < 1.29 is 0 Å². The Hall–Kier alpha value is -1.06. The zero-order valence-corrected chi connectivity index (χ0v) is 11.5. The quantitative estimate of drug-likeness (QED) is 0.821. The summed E-state index contributed by atoms with van der Waals surface area (Å²) in [6, 6.07) is 12.7. The van der Waals surface area contributed by atoms with Gasteiger partial charge in [-0.15, -0.1) is 11.8 Å². The lowest BCUT2D eigenvalue weighted by Gasteiger charge is -2.28. The highest BCUT2D eigenvalue weighted by Gasteiger charge is 2.18. The van der Waals surface area contributed by atoms with Crippen LogP contribution in [-0.4, -0.2) is 35.3 Å². The number of fused-ring (bicyclic) bond motifs is 1. The van der Waals surface area contributed by atoms with Crippen LogP contribution in [0.3, 0.4) is 0 Å². The average molecular weight is 258 g/mol. The minimum Gasteiger partial charge on any atom is -0.306 e. The molecule has 1 aromatic heterocycles. The molecule has 2 heterocycles. The Morgan fingerprint density at radius 2 is 1.89 bits per heavy atom. The molecule has 0 spiro atoms. The SMILES string of the molecule is CN1CCC(Sc2ccc3ccccc3n2)CC1. The van der Waals surface area contributed by atoms with Crippen molar-refractivity contribution in [3.8, 4) is 0 Å². The second-order valence-electron chi connectivity index (χ2n) is 4.96. The van der Waals surface area contributed by atoms with Crippen LogP contribution in [0.25, 0.3) is 10.9 Å². The molecular formula is C15H18N2S. The number of rotatable bonds is 2. The number of hydrogen-bond acceptors (Lipinski definition) is 3. The lowest BCUT2D eigenvalue weighted by Crippen LogP contribution is -2.31. The van der Waals surface area contributed by atoms with Crippen LogP contribution in [0.15, 0.2) is 41.4 Å². The first-order valence-corrected chi connectivity index (χ1v) is 7.40. The van der Waals surface area contributed by atoms with Gasteiger partial charge in [-0.3, -0.25) is 0 Å². The predicted octanol–water partition coefficient (Wildman–Crippen LogP) is 3.42. The molecule has 0 atom stereocenters. The Labute approximate surface area is 112 Å². The van der Waals surface area contributed by atoms with E-state index in [1.54, 1.807) is 0 Å². The van der Waals surface area contributed by atoms with Gasteiger partial charge in [0.25, 0.3) is 0 Å². The monoisotopic (exact) mass is 258 g/mol. The maximum atomic E-state index is 4.74. The fraction of sp³-hybridized carbons (Fsp3) is 0.400. The van der Waals surface area contributed by atoms with Gasteiger partial charge in [-0.25, -0.2) is 4.98 Å². The van der Waals surface area contributed by atoms with Gasteiger partial charge in [0.2, 0.25) is 0 Å². The summed E-state index contributed by atoms with van der Waals surface area (Å²) in [5, 5.41) is 3.13. The fourth-order valence-corrected chi connectivity index (χ4v) is 3.47. The summed E-state index contributed by atoms with van der Waals surface area (Å²) in [4.78, 5) is 7.15. The van der Waals surface area contributed by atoms with Crippen molar-refractivity contribution in [2.24, 2.45) is 0 Å². The van der Waals surface area contributed by atoms with Crippen LogP contribution in [0.4, 0.5) is 0 Å². The van der Waals surface area contributed by atoms with E-state index < -0.39 is 0 Å². The van der Waals surface area contributed by atoms with Crippen LogP contribution in [0.5, 0.6) is 0 Å². The molecule has 0 bridgehead atoms. The van der Waals surface area contributed by atoms with Gasteiger partial charge < -0.3 is 4.90 Å². The van der Waals surface area contributed by atoms with Gasteiger partial charge in [0.1, 0.15) is 0 Å². The number of piperidine rings is 1. The van der Waals surface area contributed by atoms with Gasteiger partial charge in [-0.1, -0.05) is 24.3 Å². The fourth-order valence-electron chi connectivity index (χ4n) is 2.39. The number of thioether (sulfide) groups is 1. The molecular weight excluding hydrogens is 240 g/mol. The minimum absolute atomic E-state index is 0.731. The molecule has 1 saturated heterocycles. The van der Waals surface area contributed by atoms with Crippen molar-refractivity contribution >= 4 is 22.7 Å². The third-order valence-electron chi connectivity index (χ3n) is 3.53. The van der Waals surface area contributed by atoms with Crippen LogP contribution in [0, 0.1) is 0 Å². The summed E-state index contributed by atoms with van der Waals surface area (Å²) in [5.74, 6) is 0. The van der Waals surface area contributed by atoms with Crippen LogP contribution < -0.4 is 0 Å². The van der Waals surface area contributed by atoms with Crippen molar-refractivity contribution in [1.29, 1.82) is 0 Å². The molecule has 1 aromatic carbocycles. The van der Waals surface area contributed by atoms with E-state index in [1.807, 2.05) is 11.8 Å². The molecule has 3 rings (SSSR count). The Bertz CT molecular complexity index is 533. The van der Waals surface area contributed by atoms with Crippen LogP contribution in [-0.2, 0) is 0 Å². The highest BCUT2D eigenvalue weighted by atomic mass is 32.2. The zero-order valence-electron chi connectivity index (χ0n) is 10.7.